The lowest BCUT2D eigenvalue weighted by atomic mass is 10.0. The predicted molar refractivity (Wildman–Crippen MR) is 112 cm³/mol. The van der Waals surface area contributed by atoms with Crippen LogP contribution in [0.15, 0.2) is 48.5 Å². The number of para-hydroxylation sites is 1. The molecule has 29 heavy (non-hydrogen) atoms. The number of piperazine rings is 1. The van der Waals surface area contributed by atoms with Crippen molar-refractivity contribution in [3.63, 3.8) is 0 Å². The maximum atomic E-state index is 13.1. The maximum absolute atomic E-state index is 13.1. The first-order valence-corrected chi connectivity index (χ1v) is 10.4. The first kappa shape index (κ1) is 18.2. The summed E-state index contributed by atoms with van der Waals surface area (Å²) in [6.45, 7) is 5.67. The second-order valence-corrected chi connectivity index (χ2v) is 8.08. The maximum Gasteiger partial charge on any atom is 0.278 e. The number of aromatic nitrogens is 1. The topological polar surface area (TPSA) is 43.8 Å². The molecule has 0 atom stereocenters. The quantitative estimate of drug-likeness (QED) is 0.710. The minimum absolute atomic E-state index is 0.205. The summed E-state index contributed by atoms with van der Waals surface area (Å²) in [6.07, 6.45) is 0.892. The van der Waals surface area contributed by atoms with E-state index in [1.165, 1.54) is 33.7 Å². The van der Waals surface area contributed by atoms with Crippen molar-refractivity contribution in [3.05, 3.63) is 65.6 Å². The highest BCUT2D eigenvalue weighted by molar-refractivity contribution is 5.86. The van der Waals surface area contributed by atoms with Gasteiger partial charge in [0.25, 0.3) is 5.91 Å². The van der Waals surface area contributed by atoms with Crippen LogP contribution >= 0.6 is 0 Å². The van der Waals surface area contributed by atoms with Crippen LogP contribution in [0.5, 0.6) is 0 Å². The highest BCUT2D eigenvalue weighted by Crippen LogP contribution is 2.27. The van der Waals surface area contributed by atoms with Gasteiger partial charge in [0, 0.05) is 47.4 Å². The molecule has 1 amide bonds. The Labute approximate surface area is 169 Å². The van der Waals surface area contributed by atoms with E-state index in [0.29, 0.717) is 13.1 Å². The van der Waals surface area contributed by atoms with Gasteiger partial charge in [0.15, 0.2) is 6.54 Å². The van der Waals surface area contributed by atoms with Gasteiger partial charge >= 0.3 is 0 Å². The molecule has 2 aromatic carbocycles. The number of hydrogen-bond acceptors (Lipinski definition) is 2. The van der Waals surface area contributed by atoms with Crippen molar-refractivity contribution in [3.8, 4) is 0 Å². The van der Waals surface area contributed by atoms with Crippen LogP contribution in [0.2, 0.25) is 0 Å². The Kier molecular flexibility index (Phi) is 4.72. The number of nitrogens with one attached hydrogen (secondary N) is 2. The number of hydrogen-bond donors (Lipinski definition) is 2. The molecule has 0 saturated carbocycles. The minimum Gasteiger partial charge on any atom is -0.360 e. The molecule has 5 nitrogen and oxygen atoms in total. The van der Waals surface area contributed by atoms with E-state index in [1.807, 2.05) is 23.1 Å². The first-order chi connectivity index (χ1) is 14.2. The van der Waals surface area contributed by atoms with Gasteiger partial charge in [0.2, 0.25) is 0 Å². The summed E-state index contributed by atoms with van der Waals surface area (Å²) in [5, 5.41) is 1.24. The average molecular weight is 393 g/mol. The van der Waals surface area contributed by atoms with Crippen LogP contribution < -0.4 is 9.80 Å². The number of anilines is 1. The molecule has 1 fully saturated rings. The SMILES string of the molecule is O=C(C[NH+]1CCN(c2ccc(F)cc2)CC1)N1CCc2[nH]c3ccccc3c2C1. The fourth-order valence-electron chi connectivity index (χ4n) is 4.61. The van der Waals surface area contributed by atoms with Gasteiger partial charge in [-0.15, -0.1) is 0 Å². The van der Waals surface area contributed by atoms with Gasteiger partial charge < -0.3 is 19.7 Å². The number of halogens is 1. The number of amides is 1. The Morgan fingerprint density at radius 1 is 1.03 bits per heavy atom. The Hall–Kier alpha value is -2.86. The van der Waals surface area contributed by atoms with E-state index in [0.717, 1.165) is 50.3 Å². The fraction of sp³-hybridized carbons (Fsp3) is 0.348. The van der Waals surface area contributed by atoms with Gasteiger partial charge in [-0.25, -0.2) is 4.39 Å². The normalized spacial score (nSPS) is 17.6. The largest absolute Gasteiger partial charge is 0.360 e. The Bertz CT molecular complexity index is 1020. The van der Waals surface area contributed by atoms with Gasteiger partial charge in [0.1, 0.15) is 5.82 Å². The van der Waals surface area contributed by atoms with E-state index in [2.05, 4.69) is 28.1 Å². The van der Waals surface area contributed by atoms with Crippen LogP contribution in [0, 0.1) is 5.82 Å². The molecule has 0 bridgehead atoms. The second kappa shape index (κ2) is 7.52. The third-order valence-corrected chi connectivity index (χ3v) is 6.30. The van der Waals surface area contributed by atoms with Crippen LogP contribution in [-0.4, -0.2) is 55.1 Å². The van der Waals surface area contributed by atoms with E-state index in [9.17, 15) is 9.18 Å². The summed E-state index contributed by atoms with van der Waals surface area (Å²) in [7, 11) is 0. The molecule has 6 heteroatoms. The highest BCUT2D eigenvalue weighted by Gasteiger charge is 2.28. The number of rotatable bonds is 3. The monoisotopic (exact) mass is 393 g/mol. The van der Waals surface area contributed by atoms with Crippen molar-refractivity contribution in [2.24, 2.45) is 0 Å². The van der Waals surface area contributed by atoms with Crippen LogP contribution in [0.4, 0.5) is 10.1 Å². The van der Waals surface area contributed by atoms with Gasteiger partial charge in [0.05, 0.1) is 26.2 Å². The van der Waals surface area contributed by atoms with Gasteiger partial charge in [-0.2, -0.15) is 0 Å². The number of carbonyl (C=O) groups excluding carboxylic acids is 1. The molecule has 150 valence electrons. The van der Waals surface area contributed by atoms with Gasteiger partial charge in [-0.3, -0.25) is 4.79 Å². The predicted octanol–water partition coefficient (Wildman–Crippen LogP) is 1.60. The Balaban J connectivity index is 1.19. The van der Waals surface area contributed by atoms with Crippen molar-refractivity contribution in [1.29, 1.82) is 0 Å². The molecule has 0 unspecified atom stereocenters. The third-order valence-electron chi connectivity index (χ3n) is 6.30. The molecule has 3 heterocycles. The molecule has 1 aromatic heterocycles. The molecule has 0 spiro atoms. The minimum atomic E-state index is -0.205. The lowest BCUT2D eigenvalue weighted by molar-refractivity contribution is -0.892. The third kappa shape index (κ3) is 3.60. The van der Waals surface area contributed by atoms with E-state index in [-0.39, 0.29) is 11.7 Å². The number of nitrogens with zero attached hydrogens (tertiary/aromatic N) is 2. The molecule has 0 aliphatic carbocycles. The van der Waals surface area contributed by atoms with E-state index in [4.69, 9.17) is 0 Å². The standard InChI is InChI=1S/C23H25FN4O/c24-17-5-7-18(8-6-17)27-13-11-26(12-14-27)16-23(29)28-10-9-22-20(15-28)19-3-1-2-4-21(19)25-22/h1-8,25H,9-16H2/p+1. The van der Waals surface area contributed by atoms with Gasteiger partial charge in [-0.05, 0) is 30.3 Å². The lowest BCUT2D eigenvalue weighted by Gasteiger charge is -2.35. The summed E-state index contributed by atoms with van der Waals surface area (Å²) in [4.78, 5) is 22.1. The number of carbonyl (C=O) groups is 1. The summed E-state index contributed by atoms with van der Waals surface area (Å²) in [5.41, 5.74) is 4.76. The van der Waals surface area contributed by atoms with E-state index in [1.54, 1.807) is 0 Å². The number of H-pyrrole nitrogens is 1. The number of aromatic amines is 1. The zero-order valence-electron chi connectivity index (χ0n) is 16.5. The zero-order chi connectivity index (χ0) is 19.8. The zero-order valence-corrected chi connectivity index (χ0v) is 16.5. The van der Waals surface area contributed by atoms with Crippen molar-refractivity contribution in [2.45, 2.75) is 13.0 Å². The van der Waals surface area contributed by atoms with Crippen molar-refractivity contribution < 1.29 is 14.1 Å². The fourth-order valence-corrected chi connectivity index (χ4v) is 4.61. The molecule has 0 radical (unpaired) electrons. The van der Waals surface area contributed by atoms with Crippen LogP contribution in [0.25, 0.3) is 10.9 Å². The molecule has 3 aromatic rings. The lowest BCUT2D eigenvalue weighted by Crippen LogP contribution is -3.15. The van der Waals surface area contributed by atoms with Crippen molar-refractivity contribution in [1.82, 2.24) is 9.88 Å². The van der Waals surface area contributed by atoms with Crippen LogP contribution in [0.3, 0.4) is 0 Å². The summed E-state index contributed by atoms with van der Waals surface area (Å²) in [6, 6.07) is 15.0. The average Bonchev–Trinajstić information content (AvgIpc) is 3.13. The molecule has 5 rings (SSSR count). The summed E-state index contributed by atoms with van der Waals surface area (Å²) < 4.78 is 13.1. The Morgan fingerprint density at radius 2 is 1.79 bits per heavy atom. The molecule has 2 aliphatic heterocycles. The Morgan fingerprint density at radius 3 is 2.59 bits per heavy atom. The number of benzene rings is 2. The molecule has 1 saturated heterocycles. The molecular weight excluding hydrogens is 367 g/mol. The molecule has 2 aliphatic rings. The smallest absolute Gasteiger partial charge is 0.278 e. The summed E-state index contributed by atoms with van der Waals surface area (Å²) in [5.74, 6) is 0.0367. The number of fused-ring (bicyclic) bond motifs is 3. The number of quaternary nitrogens is 1. The van der Waals surface area contributed by atoms with Gasteiger partial charge in [-0.1, -0.05) is 18.2 Å². The van der Waals surface area contributed by atoms with Crippen LogP contribution in [0.1, 0.15) is 11.3 Å². The van der Waals surface area contributed by atoms with Crippen LogP contribution in [-0.2, 0) is 17.8 Å². The molecular formula is C23H26FN4O+. The first-order valence-electron chi connectivity index (χ1n) is 10.4. The van der Waals surface area contributed by atoms with Crippen molar-refractivity contribution in [2.75, 3.05) is 44.2 Å². The van der Waals surface area contributed by atoms with Crippen molar-refractivity contribution >= 4 is 22.5 Å². The summed E-state index contributed by atoms with van der Waals surface area (Å²) >= 11 is 0. The second-order valence-electron chi connectivity index (χ2n) is 8.08. The van der Waals surface area contributed by atoms with E-state index >= 15 is 0 Å². The molecule has 2 N–H and O–H groups in total. The van der Waals surface area contributed by atoms with E-state index < -0.39 is 0 Å². The highest BCUT2D eigenvalue weighted by atomic mass is 19.1.